The average Bonchev–Trinajstić information content (AvgIpc) is 2.38. The first-order chi connectivity index (χ1) is 9.80. The van der Waals surface area contributed by atoms with Crippen molar-refractivity contribution < 1.29 is 27.5 Å². The fourth-order valence-corrected chi connectivity index (χ4v) is 3.16. The van der Waals surface area contributed by atoms with E-state index in [2.05, 4.69) is 5.32 Å². The molecule has 0 spiro atoms. The molecule has 1 aliphatic rings. The van der Waals surface area contributed by atoms with Crippen LogP contribution in [0.15, 0.2) is 18.2 Å². The third kappa shape index (κ3) is 3.48. The molecule has 0 saturated carbocycles. The number of rotatable bonds is 2. The number of benzene rings is 1. The Balaban J connectivity index is 2.14. The number of carboxylic acid groups (broad SMARTS) is 1. The maximum Gasteiger partial charge on any atom is 0.340 e. The third-order valence-electron chi connectivity index (χ3n) is 3.10. The summed E-state index contributed by atoms with van der Waals surface area (Å²) in [5.74, 6) is -2.74. The van der Waals surface area contributed by atoms with Crippen molar-refractivity contribution in [2.24, 2.45) is 0 Å². The van der Waals surface area contributed by atoms with E-state index < -0.39 is 33.2 Å². The lowest BCUT2D eigenvalue weighted by atomic mass is 10.1. The highest BCUT2D eigenvalue weighted by Crippen LogP contribution is 2.19. The molecule has 114 valence electrons. The summed E-state index contributed by atoms with van der Waals surface area (Å²) >= 11 is 0. The van der Waals surface area contributed by atoms with Gasteiger partial charge in [-0.3, -0.25) is 0 Å². The quantitative estimate of drug-likeness (QED) is 0.839. The third-order valence-corrected chi connectivity index (χ3v) is 4.71. The number of nitrogens with one attached hydrogen (secondary N) is 1. The van der Waals surface area contributed by atoms with Crippen molar-refractivity contribution in [1.29, 1.82) is 0 Å². The molecule has 0 aromatic heterocycles. The predicted molar refractivity (Wildman–Crippen MR) is 72.6 cm³/mol. The molecular formula is C12H13FN2O5S. The number of amides is 2. The first kappa shape index (κ1) is 15.2. The van der Waals surface area contributed by atoms with Crippen LogP contribution in [0.3, 0.4) is 0 Å². The molecule has 1 saturated heterocycles. The normalized spacial score (nSPS) is 17.3. The van der Waals surface area contributed by atoms with Crippen LogP contribution in [-0.2, 0) is 9.84 Å². The molecule has 1 aliphatic heterocycles. The maximum atomic E-state index is 13.5. The van der Waals surface area contributed by atoms with Gasteiger partial charge in [0.1, 0.15) is 11.4 Å². The van der Waals surface area contributed by atoms with Gasteiger partial charge >= 0.3 is 12.0 Å². The van der Waals surface area contributed by atoms with Gasteiger partial charge in [0.15, 0.2) is 9.84 Å². The van der Waals surface area contributed by atoms with E-state index in [0.717, 1.165) is 6.07 Å². The first-order valence-corrected chi connectivity index (χ1v) is 7.90. The zero-order chi connectivity index (χ0) is 15.6. The van der Waals surface area contributed by atoms with Gasteiger partial charge in [-0.2, -0.15) is 0 Å². The molecule has 0 bridgehead atoms. The van der Waals surface area contributed by atoms with Gasteiger partial charge in [-0.05, 0) is 12.1 Å². The van der Waals surface area contributed by atoms with E-state index in [-0.39, 0.29) is 30.3 Å². The van der Waals surface area contributed by atoms with E-state index in [4.69, 9.17) is 5.11 Å². The SMILES string of the molecule is O=C(O)c1c(F)cccc1NC(=O)N1CCS(=O)(=O)CC1. The molecule has 9 heteroatoms. The standard InChI is InChI=1S/C12H13FN2O5S/c13-8-2-1-3-9(10(8)11(16)17)14-12(18)15-4-6-21(19,20)7-5-15/h1-3H,4-7H2,(H,14,18)(H,16,17). The van der Waals surface area contributed by atoms with Crippen molar-refractivity contribution in [2.45, 2.75) is 0 Å². The Hall–Kier alpha value is -2.16. The highest BCUT2D eigenvalue weighted by molar-refractivity contribution is 7.91. The van der Waals surface area contributed by atoms with Gasteiger partial charge in [-0.25, -0.2) is 22.4 Å². The number of halogens is 1. The van der Waals surface area contributed by atoms with Crippen molar-refractivity contribution >= 4 is 27.5 Å². The average molecular weight is 316 g/mol. The summed E-state index contributed by atoms with van der Waals surface area (Å²) in [4.78, 5) is 24.2. The number of carbonyl (C=O) groups is 2. The van der Waals surface area contributed by atoms with Crippen molar-refractivity contribution in [3.63, 3.8) is 0 Å². The summed E-state index contributed by atoms with van der Waals surface area (Å²) in [7, 11) is -3.13. The van der Waals surface area contributed by atoms with Gasteiger partial charge in [0.25, 0.3) is 0 Å². The lowest BCUT2D eigenvalue weighted by Gasteiger charge is -2.27. The van der Waals surface area contributed by atoms with Crippen molar-refractivity contribution in [3.05, 3.63) is 29.6 Å². The van der Waals surface area contributed by atoms with Gasteiger partial charge in [0, 0.05) is 13.1 Å². The smallest absolute Gasteiger partial charge is 0.340 e. The monoisotopic (exact) mass is 316 g/mol. The van der Waals surface area contributed by atoms with Crippen LogP contribution in [0.5, 0.6) is 0 Å². The summed E-state index contributed by atoms with van der Waals surface area (Å²) in [5.41, 5.74) is -0.795. The van der Waals surface area contributed by atoms with E-state index in [1.165, 1.54) is 17.0 Å². The van der Waals surface area contributed by atoms with Crippen LogP contribution in [-0.4, -0.2) is 55.0 Å². The van der Waals surface area contributed by atoms with Crippen LogP contribution in [0.4, 0.5) is 14.9 Å². The number of hydrogen-bond acceptors (Lipinski definition) is 4. The molecule has 0 atom stereocenters. The number of sulfone groups is 1. The number of nitrogens with zero attached hydrogens (tertiary/aromatic N) is 1. The van der Waals surface area contributed by atoms with Crippen LogP contribution in [0.1, 0.15) is 10.4 Å². The molecule has 2 amide bonds. The Morgan fingerprint density at radius 2 is 1.86 bits per heavy atom. The highest BCUT2D eigenvalue weighted by Gasteiger charge is 2.26. The van der Waals surface area contributed by atoms with Crippen LogP contribution >= 0.6 is 0 Å². The van der Waals surface area contributed by atoms with Crippen LogP contribution < -0.4 is 5.32 Å². The van der Waals surface area contributed by atoms with Crippen molar-refractivity contribution in [2.75, 3.05) is 29.9 Å². The van der Waals surface area contributed by atoms with Gasteiger partial charge in [-0.1, -0.05) is 6.07 Å². The minimum absolute atomic E-state index is 0.0197. The van der Waals surface area contributed by atoms with E-state index in [1.54, 1.807) is 0 Å². The molecule has 1 fully saturated rings. The molecule has 0 unspecified atom stereocenters. The Morgan fingerprint density at radius 1 is 1.24 bits per heavy atom. The Bertz CT molecular complexity index is 675. The van der Waals surface area contributed by atoms with E-state index >= 15 is 0 Å². The minimum atomic E-state index is -3.13. The van der Waals surface area contributed by atoms with Crippen LogP contribution in [0.2, 0.25) is 0 Å². The fraction of sp³-hybridized carbons (Fsp3) is 0.333. The summed E-state index contributed by atoms with van der Waals surface area (Å²) in [6, 6.07) is 2.87. The summed E-state index contributed by atoms with van der Waals surface area (Å²) in [6.07, 6.45) is 0. The second-order valence-corrected chi connectivity index (χ2v) is 6.84. The summed E-state index contributed by atoms with van der Waals surface area (Å²) < 4.78 is 36.0. The number of aromatic carboxylic acids is 1. The Labute approximate surface area is 120 Å². The molecular weight excluding hydrogens is 303 g/mol. The number of anilines is 1. The molecule has 21 heavy (non-hydrogen) atoms. The van der Waals surface area contributed by atoms with Crippen LogP contribution in [0.25, 0.3) is 0 Å². The predicted octanol–water partition coefficient (Wildman–Crippen LogP) is 0.786. The zero-order valence-electron chi connectivity index (χ0n) is 10.9. The molecule has 7 nitrogen and oxygen atoms in total. The summed E-state index contributed by atoms with van der Waals surface area (Å²) in [6.45, 7) is 0.0395. The van der Waals surface area contributed by atoms with Gasteiger partial charge in [0.05, 0.1) is 17.2 Å². The lowest BCUT2D eigenvalue weighted by Crippen LogP contribution is -2.45. The Morgan fingerprint density at radius 3 is 2.43 bits per heavy atom. The molecule has 0 aliphatic carbocycles. The van der Waals surface area contributed by atoms with Gasteiger partial charge in [0.2, 0.25) is 0 Å². The highest BCUT2D eigenvalue weighted by atomic mass is 32.2. The molecule has 1 aromatic carbocycles. The molecule has 1 heterocycles. The molecule has 0 radical (unpaired) electrons. The van der Waals surface area contributed by atoms with E-state index in [9.17, 15) is 22.4 Å². The molecule has 1 aromatic rings. The Kier molecular flexibility index (Phi) is 4.12. The molecule has 2 N–H and O–H groups in total. The van der Waals surface area contributed by atoms with Crippen molar-refractivity contribution in [1.82, 2.24) is 4.90 Å². The number of urea groups is 1. The van der Waals surface area contributed by atoms with Crippen LogP contribution in [0, 0.1) is 5.82 Å². The number of carboxylic acids is 1. The number of hydrogen-bond donors (Lipinski definition) is 2. The van der Waals surface area contributed by atoms with E-state index in [1.807, 2.05) is 0 Å². The zero-order valence-corrected chi connectivity index (χ0v) is 11.7. The van der Waals surface area contributed by atoms with E-state index in [0.29, 0.717) is 0 Å². The number of carbonyl (C=O) groups excluding carboxylic acids is 1. The first-order valence-electron chi connectivity index (χ1n) is 6.08. The molecule has 2 rings (SSSR count). The fourth-order valence-electron chi connectivity index (χ4n) is 1.96. The van der Waals surface area contributed by atoms with Gasteiger partial charge < -0.3 is 15.3 Å². The topological polar surface area (TPSA) is 104 Å². The second-order valence-electron chi connectivity index (χ2n) is 4.54. The largest absolute Gasteiger partial charge is 0.478 e. The maximum absolute atomic E-state index is 13.5. The lowest BCUT2D eigenvalue weighted by molar-refractivity contribution is 0.0693. The van der Waals surface area contributed by atoms with Gasteiger partial charge in [-0.15, -0.1) is 0 Å². The minimum Gasteiger partial charge on any atom is -0.478 e. The second kappa shape index (κ2) is 5.68. The van der Waals surface area contributed by atoms with Crippen molar-refractivity contribution in [3.8, 4) is 0 Å². The summed E-state index contributed by atoms with van der Waals surface area (Å²) in [5, 5.41) is 11.3.